The van der Waals surface area contributed by atoms with Crippen molar-refractivity contribution in [3.63, 3.8) is 0 Å². The van der Waals surface area contributed by atoms with Gasteiger partial charge in [-0.2, -0.15) is 0 Å². The number of hydrogen-bond acceptors (Lipinski definition) is 2. The molecular formula is C19H30N2. The highest BCUT2D eigenvalue weighted by molar-refractivity contribution is 5.61. The van der Waals surface area contributed by atoms with E-state index in [1.165, 1.54) is 49.9 Å². The number of para-hydroxylation sites is 1. The van der Waals surface area contributed by atoms with Gasteiger partial charge in [0.05, 0.1) is 0 Å². The smallest absolute Gasteiger partial charge is 0.0405 e. The molecule has 1 aliphatic heterocycles. The minimum atomic E-state index is 0.532. The molecule has 0 aromatic heterocycles. The largest absolute Gasteiger partial charge is 0.368 e. The third kappa shape index (κ3) is 3.11. The summed E-state index contributed by atoms with van der Waals surface area (Å²) in [4.78, 5) is 2.71. The zero-order valence-electron chi connectivity index (χ0n) is 13.6. The molecule has 0 bridgehead atoms. The van der Waals surface area contributed by atoms with E-state index in [-0.39, 0.29) is 0 Å². The monoisotopic (exact) mass is 286 g/mol. The maximum atomic E-state index is 5.83. The van der Waals surface area contributed by atoms with E-state index in [9.17, 15) is 0 Å². The Labute approximate surface area is 129 Å². The lowest BCUT2D eigenvalue weighted by molar-refractivity contribution is 0.312. The molecule has 1 aliphatic carbocycles. The second-order valence-corrected chi connectivity index (χ2v) is 7.73. The fourth-order valence-corrected chi connectivity index (χ4v) is 4.28. The van der Waals surface area contributed by atoms with E-state index in [4.69, 9.17) is 5.73 Å². The molecule has 1 aromatic rings. The van der Waals surface area contributed by atoms with Crippen LogP contribution in [0.1, 0.15) is 63.9 Å². The van der Waals surface area contributed by atoms with Crippen LogP contribution in [0.5, 0.6) is 0 Å². The molecule has 2 unspecified atom stereocenters. The Balaban J connectivity index is 1.80. The molecule has 1 saturated carbocycles. The minimum Gasteiger partial charge on any atom is -0.368 e. The van der Waals surface area contributed by atoms with E-state index in [2.05, 4.69) is 43.0 Å². The molecule has 1 aromatic carbocycles. The van der Waals surface area contributed by atoms with Gasteiger partial charge in [0.2, 0.25) is 0 Å². The normalized spacial score (nSPS) is 28.2. The maximum Gasteiger partial charge on any atom is 0.0405 e. The molecule has 2 aliphatic rings. The average molecular weight is 286 g/mol. The highest BCUT2D eigenvalue weighted by atomic mass is 15.2. The topological polar surface area (TPSA) is 29.3 Å². The van der Waals surface area contributed by atoms with Crippen molar-refractivity contribution in [2.75, 3.05) is 18.0 Å². The van der Waals surface area contributed by atoms with E-state index in [0.717, 1.165) is 19.0 Å². The van der Waals surface area contributed by atoms with Gasteiger partial charge in [0.1, 0.15) is 0 Å². The summed E-state index contributed by atoms with van der Waals surface area (Å²) in [6.07, 6.45) is 7.93. The summed E-state index contributed by atoms with van der Waals surface area (Å²) in [5, 5.41) is 0. The molecule has 116 valence electrons. The van der Waals surface area contributed by atoms with Gasteiger partial charge in [-0.05, 0) is 55.7 Å². The minimum absolute atomic E-state index is 0.532. The lowest BCUT2D eigenvalue weighted by atomic mass is 9.85. The molecule has 2 heteroatoms. The van der Waals surface area contributed by atoms with Gasteiger partial charge in [-0.3, -0.25) is 0 Å². The number of nitrogens with two attached hydrogens (primary N) is 1. The van der Waals surface area contributed by atoms with Crippen LogP contribution in [-0.4, -0.2) is 19.1 Å². The average Bonchev–Trinajstić information content (AvgIpc) is 2.72. The molecule has 2 N–H and O–H groups in total. The molecule has 3 rings (SSSR count). The Morgan fingerprint density at radius 3 is 2.81 bits per heavy atom. The lowest BCUT2D eigenvalue weighted by Gasteiger charge is -2.30. The zero-order valence-corrected chi connectivity index (χ0v) is 13.6. The first-order valence-corrected chi connectivity index (χ1v) is 8.66. The molecular weight excluding hydrogens is 256 g/mol. The summed E-state index contributed by atoms with van der Waals surface area (Å²) in [5.74, 6) is 0.641. The Bertz CT molecular complexity index is 480. The van der Waals surface area contributed by atoms with Crippen LogP contribution in [0.25, 0.3) is 0 Å². The van der Waals surface area contributed by atoms with Crippen molar-refractivity contribution in [3.8, 4) is 0 Å². The van der Waals surface area contributed by atoms with E-state index in [0.29, 0.717) is 11.3 Å². The maximum absolute atomic E-state index is 5.83. The van der Waals surface area contributed by atoms with Crippen molar-refractivity contribution in [1.82, 2.24) is 0 Å². The van der Waals surface area contributed by atoms with E-state index >= 15 is 0 Å². The highest BCUT2D eigenvalue weighted by Gasteiger charge is 2.34. The molecule has 1 fully saturated rings. The second-order valence-electron chi connectivity index (χ2n) is 7.73. The Morgan fingerprint density at radius 1 is 1.19 bits per heavy atom. The summed E-state index contributed by atoms with van der Waals surface area (Å²) >= 11 is 0. The van der Waals surface area contributed by atoms with Crippen molar-refractivity contribution < 1.29 is 0 Å². The summed E-state index contributed by atoms with van der Waals surface area (Å²) in [6, 6.07) is 9.74. The van der Waals surface area contributed by atoms with Crippen LogP contribution < -0.4 is 10.6 Å². The van der Waals surface area contributed by atoms with Gasteiger partial charge in [0.25, 0.3) is 0 Å². The third-order valence-electron chi connectivity index (χ3n) is 5.60. The van der Waals surface area contributed by atoms with Gasteiger partial charge in [-0.25, -0.2) is 0 Å². The molecule has 2 atom stereocenters. The van der Waals surface area contributed by atoms with Crippen molar-refractivity contribution in [2.45, 2.75) is 64.3 Å². The van der Waals surface area contributed by atoms with Gasteiger partial charge in [-0.15, -0.1) is 0 Å². The van der Waals surface area contributed by atoms with E-state index in [1.54, 1.807) is 0 Å². The van der Waals surface area contributed by atoms with E-state index in [1.807, 2.05) is 0 Å². The number of anilines is 1. The van der Waals surface area contributed by atoms with Crippen molar-refractivity contribution in [2.24, 2.45) is 11.1 Å². The SMILES string of the molecule is CC1(C)CCCC(N2CC(CCN)c3ccccc32)CC1. The first kappa shape index (κ1) is 14.9. The second kappa shape index (κ2) is 6.00. The van der Waals surface area contributed by atoms with Crippen LogP contribution in [0.4, 0.5) is 5.69 Å². The standard InChI is InChI=1S/C19H30N2/c1-19(2)11-5-6-16(9-12-19)21-14-15(10-13-20)17-7-3-4-8-18(17)21/h3-4,7-8,15-16H,5-6,9-14,20H2,1-2H3. The van der Waals surface area contributed by atoms with Crippen LogP contribution in [0.2, 0.25) is 0 Å². The number of hydrogen-bond donors (Lipinski definition) is 1. The van der Waals surface area contributed by atoms with Crippen molar-refractivity contribution in [3.05, 3.63) is 29.8 Å². The zero-order chi connectivity index (χ0) is 14.9. The number of benzene rings is 1. The fourth-order valence-electron chi connectivity index (χ4n) is 4.28. The van der Waals surface area contributed by atoms with Crippen molar-refractivity contribution >= 4 is 5.69 Å². The predicted octanol–water partition coefficient (Wildman–Crippen LogP) is 4.30. The van der Waals surface area contributed by atoms with Crippen LogP contribution in [0.15, 0.2) is 24.3 Å². The third-order valence-corrected chi connectivity index (χ3v) is 5.60. The Hall–Kier alpha value is -1.02. The molecule has 1 heterocycles. The van der Waals surface area contributed by atoms with Gasteiger partial charge in [0.15, 0.2) is 0 Å². The first-order valence-electron chi connectivity index (χ1n) is 8.66. The van der Waals surface area contributed by atoms with Crippen LogP contribution in [0, 0.1) is 5.41 Å². The number of rotatable bonds is 3. The number of fused-ring (bicyclic) bond motifs is 1. The van der Waals surface area contributed by atoms with Crippen molar-refractivity contribution in [1.29, 1.82) is 0 Å². The van der Waals surface area contributed by atoms with Gasteiger partial charge < -0.3 is 10.6 Å². The van der Waals surface area contributed by atoms with Crippen LogP contribution >= 0.6 is 0 Å². The summed E-state index contributed by atoms with van der Waals surface area (Å²) in [6.45, 7) is 6.85. The molecule has 21 heavy (non-hydrogen) atoms. The Kier molecular flexibility index (Phi) is 4.26. The predicted molar refractivity (Wildman–Crippen MR) is 90.9 cm³/mol. The van der Waals surface area contributed by atoms with Gasteiger partial charge >= 0.3 is 0 Å². The molecule has 0 saturated heterocycles. The lowest BCUT2D eigenvalue weighted by Crippen LogP contribution is -2.34. The van der Waals surface area contributed by atoms with Crippen LogP contribution in [0.3, 0.4) is 0 Å². The fraction of sp³-hybridized carbons (Fsp3) is 0.684. The molecule has 0 spiro atoms. The summed E-state index contributed by atoms with van der Waals surface area (Å²) < 4.78 is 0. The van der Waals surface area contributed by atoms with Gasteiger partial charge in [-0.1, -0.05) is 38.5 Å². The first-order chi connectivity index (χ1) is 10.1. The molecule has 0 radical (unpaired) electrons. The highest BCUT2D eigenvalue weighted by Crippen LogP contribution is 2.43. The summed E-state index contributed by atoms with van der Waals surface area (Å²) in [7, 11) is 0. The number of nitrogens with zero attached hydrogens (tertiary/aromatic N) is 1. The van der Waals surface area contributed by atoms with E-state index < -0.39 is 0 Å². The van der Waals surface area contributed by atoms with Crippen LogP contribution in [-0.2, 0) is 0 Å². The Morgan fingerprint density at radius 2 is 2.00 bits per heavy atom. The summed E-state index contributed by atoms with van der Waals surface area (Å²) in [5.41, 5.74) is 9.38. The molecule has 0 amide bonds. The quantitative estimate of drug-likeness (QED) is 0.840. The molecule has 2 nitrogen and oxygen atoms in total. The van der Waals surface area contributed by atoms with Gasteiger partial charge in [0, 0.05) is 24.2 Å².